The summed E-state index contributed by atoms with van der Waals surface area (Å²) in [6.07, 6.45) is -3.36. The molecule has 0 aromatic heterocycles. The number of carboxylic acids is 7. The summed E-state index contributed by atoms with van der Waals surface area (Å²) in [6.45, 7) is 1.00. The van der Waals surface area contributed by atoms with Gasteiger partial charge in [-0.3, -0.25) is 28.8 Å². The van der Waals surface area contributed by atoms with Gasteiger partial charge in [0.25, 0.3) is 0 Å². The van der Waals surface area contributed by atoms with Crippen molar-refractivity contribution < 1.29 is 79.2 Å². The van der Waals surface area contributed by atoms with Crippen molar-refractivity contribution in [1.82, 2.24) is 0 Å². The van der Waals surface area contributed by atoms with Crippen LogP contribution in [-0.4, -0.2) is 101 Å². The van der Waals surface area contributed by atoms with Crippen LogP contribution in [-0.2, 0) is 38.4 Å². The predicted octanol–water partition coefficient (Wildman–Crippen LogP) is -2.23. The summed E-state index contributed by atoms with van der Waals surface area (Å²) >= 11 is 0. The molecule has 0 amide bonds. The molecule has 0 bridgehead atoms. The lowest BCUT2D eigenvalue weighted by atomic mass is 10.2. The molecule has 33 heavy (non-hydrogen) atoms. The van der Waals surface area contributed by atoms with Crippen molar-refractivity contribution in [3.8, 4) is 0 Å². The highest BCUT2D eigenvalue weighted by Gasteiger charge is 2.16. The van der Waals surface area contributed by atoms with Crippen molar-refractivity contribution in [2.45, 2.75) is 51.2 Å². The van der Waals surface area contributed by atoms with Crippen LogP contribution in [0.4, 0.5) is 0 Å². The number of carboxylic acid groups (broad SMARTS) is 7. The molecule has 0 radical (unpaired) electrons. The summed E-state index contributed by atoms with van der Waals surface area (Å²) in [5.74, 6) is -9.40. The van der Waals surface area contributed by atoms with Crippen LogP contribution in [0.3, 0.4) is 0 Å². The minimum atomic E-state index is -1.79. The summed E-state index contributed by atoms with van der Waals surface area (Å²) in [7, 11) is 0. The Morgan fingerprint density at radius 2 is 0.970 bits per heavy atom. The standard InChI is InChI=1S/C5H9NO4.C4H6O5.C4H6O4.C3H4O3/c6-3(5(9)10)1-2-4(7)8;5-2(4(8)9)1-3(6)7;5-3(6)1-2-4(7)8;1-2(4)3(5)6/h3H,1-2,6H2,(H,7,8)(H,9,10);2,5H,1H2,(H,6,7)(H,8,9);1-2H2,(H,5,6)(H,7,8);1H3,(H,5,6)/t3-;;;/m0.../s1. The van der Waals surface area contributed by atoms with E-state index in [4.69, 9.17) is 46.6 Å². The molecule has 0 aliphatic carbocycles. The van der Waals surface area contributed by atoms with Crippen molar-refractivity contribution in [3.05, 3.63) is 0 Å². The lowest BCUT2D eigenvalue weighted by molar-refractivity contribution is -0.152. The molecule has 0 aromatic carbocycles. The summed E-state index contributed by atoms with van der Waals surface area (Å²) in [6, 6.07) is -1.06. The molecule has 0 aromatic rings. The second-order valence-corrected chi connectivity index (χ2v) is 5.48. The number of hydrogen-bond donors (Lipinski definition) is 9. The number of nitrogens with two attached hydrogens (primary N) is 1. The third kappa shape index (κ3) is 39.0. The Morgan fingerprint density at radius 1 is 0.636 bits per heavy atom. The number of ketones is 1. The number of hydrogen-bond acceptors (Lipinski definition) is 10. The van der Waals surface area contributed by atoms with Crippen LogP contribution in [0.25, 0.3) is 0 Å². The number of carbonyl (C=O) groups is 8. The van der Waals surface area contributed by atoms with Gasteiger partial charge >= 0.3 is 41.8 Å². The minimum absolute atomic E-state index is 0.0231. The Balaban J connectivity index is -0.000000173. The van der Waals surface area contributed by atoms with Crippen molar-refractivity contribution in [1.29, 1.82) is 0 Å². The average Bonchev–Trinajstić information content (AvgIpc) is 2.65. The summed E-state index contributed by atoms with van der Waals surface area (Å²) in [5.41, 5.74) is 5.00. The molecule has 1 unspecified atom stereocenters. The first kappa shape index (κ1) is 36.3. The van der Waals surface area contributed by atoms with Gasteiger partial charge in [0, 0.05) is 13.3 Å². The Kier molecular flexibility index (Phi) is 23.2. The lowest BCUT2D eigenvalue weighted by Gasteiger charge is -2.01. The maximum atomic E-state index is 9.99. The van der Waals surface area contributed by atoms with Gasteiger partial charge in [-0.05, 0) is 6.42 Å². The number of carbonyl (C=O) groups excluding carboxylic acids is 1. The predicted molar refractivity (Wildman–Crippen MR) is 101 cm³/mol. The molecule has 0 rings (SSSR count). The summed E-state index contributed by atoms with van der Waals surface area (Å²) in [4.78, 5) is 77.5. The molecular formula is C16H25NO16. The Labute approximate surface area is 184 Å². The molecular weight excluding hydrogens is 462 g/mol. The van der Waals surface area contributed by atoms with Crippen LogP contribution in [0.1, 0.15) is 39.0 Å². The first-order valence-corrected chi connectivity index (χ1v) is 8.35. The van der Waals surface area contributed by atoms with E-state index in [0.29, 0.717) is 0 Å². The lowest BCUT2D eigenvalue weighted by Crippen LogP contribution is -2.30. The van der Waals surface area contributed by atoms with Gasteiger partial charge in [-0.25, -0.2) is 9.59 Å². The zero-order chi connectivity index (χ0) is 27.3. The molecule has 2 atom stereocenters. The van der Waals surface area contributed by atoms with E-state index in [-0.39, 0.29) is 25.7 Å². The zero-order valence-electron chi connectivity index (χ0n) is 17.1. The van der Waals surface area contributed by atoms with E-state index >= 15 is 0 Å². The first-order chi connectivity index (χ1) is 14.8. The third-order valence-corrected chi connectivity index (χ3v) is 2.49. The van der Waals surface area contributed by atoms with Gasteiger partial charge in [0.1, 0.15) is 6.04 Å². The fraction of sp³-hybridized carbons (Fsp3) is 0.500. The fourth-order valence-corrected chi connectivity index (χ4v) is 0.869. The fourth-order valence-electron chi connectivity index (χ4n) is 0.869. The van der Waals surface area contributed by atoms with Gasteiger partial charge < -0.3 is 46.6 Å². The maximum absolute atomic E-state index is 9.99. The van der Waals surface area contributed by atoms with E-state index in [1.807, 2.05) is 0 Å². The quantitative estimate of drug-likeness (QED) is 0.139. The molecule has 0 fully saturated rings. The molecule has 0 saturated carbocycles. The molecule has 0 saturated heterocycles. The van der Waals surface area contributed by atoms with Gasteiger partial charge in [-0.1, -0.05) is 0 Å². The first-order valence-electron chi connectivity index (χ1n) is 8.35. The van der Waals surface area contributed by atoms with Crippen LogP contribution in [0.5, 0.6) is 0 Å². The highest BCUT2D eigenvalue weighted by Crippen LogP contribution is 1.93. The molecule has 10 N–H and O–H groups in total. The van der Waals surface area contributed by atoms with E-state index in [9.17, 15) is 38.4 Å². The van der Waals surface area contributed by atoms with Crippen LogP contribution >= 0.6 is 0 Å². The van der Waals surface area contributed by atoms with E-state index in [1.165, 1.54) is 0 Å². The average molecular weight is 487 g/mol. The third-order valence-electron chi connectivity index (χ3n) is 2.49. The number of Topliss-reactive ketones (excluding diaryl/α,β-unsaturated/α-hetero) is 1. The van der Waals surface area contributed by atoms with Gasteiger partial charge in [-0.15, -0.1) is 0 Å². The molecule has 17 nitrogen and oxygen atoms in total. The van der Waals surface area contributed by atoms with Gasteiger partial charge in [-0.2, -0.15) is 0 Å². The number of aliphatic carboxylic acids is 7. The smallest absolute Gasteiger partial charge is 0.371 e. The SMILES string of the molecule is CC(=O)C(=O)O.N[C@@H](CCC(=O)O)C(=O)O.O=C(O)CC(O)C(=O)O.O=C(O)CCC(=O)O. The largest absolute Gasteiger partial charge is 0.481 e. The number of aliphatic hydroxyl groups is 1. The van der Waals surface area contributed by atoms with Crippen LogP contribution in [0.2, 0.25) is 0 Å². The molecule has 17 heteroatoms. The van der Waals surface area contributed by atoms with Crippen LogP contribution in [0.15, 0.2) is 0 Å². The monoisotopic (exact) mass is 487 g/mol. The Morgan fingerprint density at radius 3 is 1.12 bits per heavy atom. The van der Waals surface area contributed by atoms with E-state index in [0.717, 1.165) is 6.92 Å². The minimum Gasteiger partial charge on any atom is -0.481 e. The molecule has 190 valence electrons. The summed E-state index contributed by atoms with van der Waals surface area (Å²) in [5, 5.41) is 63.9. The van der Waals surface area contributed by atoms with Crippen molar-refractivity contribution in [3.63, 3.8) is 0 Å². The van der Waals surface area contributed by atoms with E-state index in [1.54, 1.807) is 0 Å². The van der Waals surface area contributed by atoms with Crippen molar-refractivity contribution in [2.24, 2.45) is 5.73 Å². The number of rotatable bonds is 11. The molecule has 0 heterocycles. The second kappa shape index (κ2) is 21.1. The van der Waals surface area contributed by atoms with E-state index in [2.05, 4.69) is 0 Å². The highest BCUT2D eigenvalue weighted by atomic mass is 16.4. The van der Waals surface area contributed by atoms with Crippen molar-refractivity contribution in [2.75, 3.05) is 0 Å². The van der Waals surface area contributed by atoms with Crippen LogP contribution in [0, 0.1) is 0 Å². The van der Waals surface area contributed by atoms with Gasteiger partial charge in [0.15, 0.2) is 6.10 Å². The molecule has 0 aliphatic heterocycles. The number of aliphatic hydroxyl groups excluding tert-OH is 1. The van der Waals surface area contributed by atoms with Gasteiger partial charge in [0.05, 0.1) is 19.3 Å². The second-order valence-electron chi connectivity index (χ2n) is 5.48. The van der Waals surface area contributed by atoms with E-state index < -0.39 is 66.1 Å². The summed E-state index contributed by atoms with van der Waals surface area (Å²) < 4.78 is 0. The molecule has 0 aliphatic rings. The van der Waals surface area contributed by atoms with Gasteiger partial charge in [0.2, 0.25) is 5.78 Å². The maximum Gasteiger partial charge on any atom is 0.371 e. The molecule has 0 spiro atoms. The normalized spacial score (nSPS) is 10.6. The topological polar surface area (TPSA) is 324 Å². The van der Waals surface area contributed by atoms with Crippen molar-refractivity contribution >= 4 is 47.6 Å². The van der Waals surface area contributed by atoms with Crippen LogP contribution < -0.4 is 5.73 Å². The zero-order valence-corrected chi connectivity index (χ0v) is 17.1. The Hall–Kier alpha value is -4.12. The Bertz CT molecular complexity index is 675. The highest BCUT2D eigenvalue weighted by molar-refractivity contribution is 6.31.